The first-order valence-electron chi connectivity index (χ1n) is 20.2. The van der Waals surface area contributed by atoms with Gasteiger partial charge >= 0.3 is 0 Å². The third-order valence-electron chi connectivity index (χ3n) is 12.3. The van der Waals surface area contributed by atoms with Gasteiger partial charge < -0.3 is 4.79 Å². The largest absolute Gasteiger partial charge is 0.302 e. The number of thiophene rings is 1. The zero-order chi connectivity index (χ0) is 35.0. The first-order valence-corrected chi connectivity index (χ1v) is 21.0. The lowest BCUT2D eigenvalue weighted by molar-refractivity contribution is -0.112. The molecule has 1 aromatic heterocycles. The van der Waals surface area contributed by atoms with E-state index in [9.17, 15) is 4.79 Å². The van der Waals surface area contributed by atoms with Gasteiger partial charge in [0.1, 0.15) is 6.29 Å². The molecule has 1 heterocycles. The molecule has 0 amide bonds. The Morgan fingerprint density at radius 3 is 2.18 bits per heavy atom. The lowest BCUT2D eigenvalue weighted by atomic mass is 9.68. The van der Waals surface area contributed by atoms with E-state index in [1.807, 2.05) is 0 Å². The predicted molar refractivity (Wildman–Crippen MR) is 215 cm³/mol. The summed E-state index contributed by atoms with van der Waals surface area (Å²) in [6.45, 7) is 15.9. The van der Waals surface area contributed by atoms with Crippen molar-refractivity contribution >= 4 is 29.5 Å². The number of aldehydes is 1. The normalized spacial score (nSPS) is 17.7. The third kappa shape index (κ3) is 8.03. The molecule has 0 spiro atoms. The maximum atomic E-state index is 12.4. The Hall–Kier alpha value is -2.52. The van der Waals surface area contributed by atoms with Crippen molar-refractivity contribution in [2.75, 3.05) is 0 Å². The molecule has 0 fully saturated rings. The zero-order valence-electron chi connectivity index (χ0n) is 32.1. The number of unbranched alkanes of at least 4 members (excludes halogenated alkanes) is 7. The number of carbonyl (C=O) groups excluding carboxylic acids is 1. The van der Waals surface area contributed by atoms with E-state index >= 15 is 0 Å². The molecule has 2 aliphatic carbocycles. The minimum absolute atomic E-state index is 0.0752. The first-order chi connectivity index (χ1) is 23.8. The van der Waals surface area contributed by atoms with Crippen LogP contribution in [-0.4, -0.2) is 12.5 Å². The van der Waals surface area contributed by atoms with Crippen LogP contribution in [0.25, 0.3) is 11.1 Å². The molecule has 0 aliphatic heterocycles. The highest BCUT2D eigenvalue weighted by Crippen LogP contribution is 2.57. The van der Waals surface area contributed by atoms with Gasteiger partial charge in [-0.05, 0) is 108 Å². The van der Waals surface area contributed by atoms with E-state index in [1.165, 1.54) is 135 Å². The van der Waals surface area contributed by atoms with Crippen molar-refractivity contribution in [2.24, 2.45) is 10.9 Å². The first kappa shape index (κ1) is 37.7. The monoisotopic (exact) mass is 679 g/mol. The number of hydrogen-bond acceptors (Lipinski definition) is 3. The Kier molecular flexibility index (Phi) is 13.2. The lowest BCUT2D eigenvalue weighted by Crippen LogP contribution is -2.27. The number of carbonyl (C=O) groups is 1. The minimum atomic E-state index is -0.442. The van der Waals surface area contributed by atoms with Gasteiger partial charge in [-0.3, -0.25) is 4.99 Å². The molecular weight excluding hydrogens is 615 g/mol. The fourth-order valence-electron chi connectivity index (χ4n) is 8.82. The molecule has 3 heteroatoms. The molecule has 3 atom stereocenters. The van der Waals surface area contributed by atoms with Crippen LogP contribution < -0.4 is 0 Å². The summed E-state index contributed by atoms with van der Waals surface area (Å²) >= 11 is 1.79. The molecule has 0 radical (unpaired) electrons. The summed E-state index contributed by atoms with van der Waals surface area (Å²) in [4.78, 5) is 20.1. The molecule has 0 bridgehead atoms. The van der Waals surface area contributed by atoms with Gasteiger partial charge in [0.2, 0.25) is 0 Å². The van der Waals surface area contributed by atoms with Gasteiger partial charge in [0.25, 0.3) is 0 Å². The van der Waals surface area contributed by atoms with Gasteiger partial charge in [0, 0.05) is 21.4 Å². The van der Waals surface area contributed by atoms with Crippen molar-refractivity contribution in [3.8, 4) is 11.1 Å². The van der Waals surface area contributed by atoms with Crippen LogP contribution in [0.15, 0.2) is 41.4 Å². The molecule has 0 N–H and O–H groups in total. The van der Waals surface area contributed by atoms with E-state index < -0.39 is 5.41 Å². The van der Waals surface area contributed by atoms with Crippen LogP contribution in [0.5, 0.6) is 0 Å². The minimum Gasteiger partial charge on any atom is -0.302 e. The van der Waals surface area contributed by atoms with Crippen molar-refractivity contribution in [3.63, 3.8) is 0 Å². The Morgan fingerprint density at radius 2 is 1.57 bits per heavy atom. The maximum absolute atomic E-state index is 12.4. The molecule has 3 aromatic rings. The standard InChI is InChI=1S/C46H65NOS/c1-8-13-16-18-23-46(24-19-17-14-9-2)42-29-37(21-22-39(42)41-28-35-25-33(6)40(35)30-43(41)46)47-31-38-27-36(26-34(11-4)20-15-10-3)44(49-38)45(7,12-5)32-48/h21-22,27-34H,8-20,23-26H2,1-7H3/b47-31+. The van der Waals surface area contributed by atoms with E-state index in [1.54, 1.807) is 28.0 Å². The number of hydrogen-bond donors (Lipinski definition) is 0. The summed E-state index contributed by atoms with van der Waals surface area (Å²) in [6, 6.07) is 14.6. The second-order valence-electron chi connectivity index (χ2n) is 15.9. The van der Waals surface area contributed by atoms with Gasteiger partial charge in [0.05, 0.1) is 11.1 Å². The van der Waals surface area contributed by atoms with Crippen LogP contribution in [-0.2, 0) is 28.5 Å². The van der Waals surface area contributed by atoms with Crippen molar-refractivity contribution in [3.05, 3.63) is 74.0 Å². The third-order valence-corrected chi connectivity index (χ3v) is 13.7. The Balaban J connectivity index is 1.53. The van der Waals surface area contributed by atoms with Gasteiger partial charge in [-0.1, -0.05) is 137 Å². The van der Waals surface area contributed by atoms with Crippen LogP contribution in [0.2, 0.25) is 0 Å². The van der Waals surface area contributed by atoms with Crippen LogP contribution in [0, 0.1) is 5.92 Å². The van der Waals surface area contributed by atoms with Crippen molar-refractivity contribution in [1.29, 1.82) is 0 Å². The molecule has 5 rings (SSSR count). The molecule has 3 unspecified atom stereocenters. The quantitative estimate of drug-likeness (QED) is 0.0626. The highest BCUT2D eigenvalue weighted by molar-refractivity contribution is 7.14. The average molecular weight is 680 g/mol. The summed E-state index contributed by atoms with van der Waals surface area (Å²) in [6.07, 6.45) is 24.1. The predicted octanol–water partition coefficient (Wildman–Crippen LogP) is 14.0. The fraction of sp³-hybridized carbons (Fsp3) is 0.609. The Labute approximate surface area is 303 Å². The van der Waals surface area contributed by atoms with E-state index in [0.29, 0.717) is 11.8 Å². The number of benzene rings is 2. The fourth-order valence-corrected chi connectivity index (χ4v) is 10.1. The van der Waals surface area contributed by atoms with Gasteiger partial charge in [-0.25, -0.2) is 0 Å². The summed E-state index contributed by atoms with van der Waals surface area (Å²) in [5, 5.41) is 0. The van der Waals surface area contributed by atoms with E-state index in [4.69, 9.17) is 4.99 Å². The SMILES string of the molecule is CCCCCCC1(CCCCCC)c2cc(/N=C/c3cc(CC(CC)CCCC)c(C(C)(C=O)CC)s3)ccc2-c2cc3c(cc21)C(C)C3. The molecular formula is C46H65NOS. The maximum Gasteiger partial charge on any atom is 0.131 e. The molecule has 0 saturated heterocycles. The molecule has 2 aromatic carbocycles. The van der Waals surface area contributed by atoms with Crippen LogP contribution in [0.1, 0.15) is 188 Å². The molecule has 0 saturated carbocycles. The number of aliphatic imine (C=N–C) groups is 1. The highest BCUT2D eigenvalue weighted by atomic mass is 32.1. The van der Waals surface area contributed by atoms with Crippen molar-refractivity contribution in [2.45, 2.75) is 174 Å². The van der Waals surface area contributed by atoms with Crippen LogP contribution in [0.4, 0.5) is 5.69 Å². The summed E-state index contributed by atoms with van der Waals surface area (Å²) in [5.41, 5.74) is 11.3. The van der Waals surface area contributed by atoms with Crippen LogP contribution in [0.3, 0.4) is 0 Å². The van der Waals surface area contributed by atoms with Crippen LogP contribution >= 0.6 is 11.3 Å². The number of rotatable bonds is 21. The summed E-state index contributed by atoms with van der Waals surface area (Å²) in [7, 11) is 0. The smallest absolute Gasteiger partial charge is 0.131 e. The lowest BCUT2D eigenvalue weighted by Gasteiger charge is -2.35. The average Bonchev–Trinajstić information content (AvgIpc) is 3.64. The number of fused-ring (bicyclic) bond motifs is 4. The van der Waals surface area contributed by atoms with Gasteiger partial charge in [-0.2, -0.15) is 0 Å². The molecule has 266 valence electrons. The zero-order valence-corrected chi connectivity index (χ0v) is 32.9. The van der Waals surface area contributed by atoms with Gasteiger partial charge in [-0.15, -0.1) is 11.3 Å². The highest BCUT2D eigenvalue weighted by Gasteiger charge is 2.44. The van der Waals surface area contributed by atoms with Crippen molar-refractivity contribution < 1.29 is 4.79 Å². The van der Waals surface area contributed by atoms with E-state index in [2.05, 4.69) is 91.1 Å². The number of nitrogens with zero attached hydrogens (tertiary/aromatic N) is 1. The second kappa shape index (κ2) is 17.1. The second-order valence-corrected chi connectivity index (χ2v) is 17.0. The van der Waals surface area contributed by atoms with E-state index in [0.717, 1.165) is 18.5 Å². The van der Waals surface area contributed by atoms with E-state index in [-0.39, 0.29) is 5.41 Å². The summed E-state index contributed by atoms with van der Waals surface area (Å²) < 4.78 is 0. The van der Waals surface area contributed by atoms with Crippen molar-refractivity contribution in [1.82, 2.24) is 0 Å². The summed E-state index contributed by atoms with van der Waals surface area (Å²) in [5.74, 6) is 1.34. The molecule has 49 heavy (non-hydrogen) atoms. The Morgan fingerprint density at radius 1 is 0.878 bits per heavy atom. The Bertz CT molecular complexity index is 1570. The molecule has 2 aliphatic rings. The topological polar surface area (TPSA) is 29.4 Å². The molecule has 2 nitrogen and oxygen atoms in total. The van der Waals surface area contributed by atoms with Gasteiger partial charge in [0.15, 0.2) is 0 Å².